The highest BCUT2D eigenvalue weighted by molar-refractivity contribution is 6.25. The fourth-order valence-electron chi connectivity index (χ4n) is 12.1. The van der Waals surface area contributed by atoms with E-state index in [1.165, 1.54) is 126 Å². The van der Waals surface area contributed by atoms with Crippen molar-refractivity contribution in [3.05, 3.63) is 210 Å². The van der Waals surface area contributed by atoms with Gasteiger partial charge in [-0.15, -0.1) is 0 Å². The molecule has 0 aromatic heterocycles. The lowest BCUT2D eigenvalue weighted by molar-refractivity contribution is 0.666. The van der Waals surface area contributed by atoms with Crippen molar-refractivity contribution >= 4 is 81.7 Å². The number of aryl methyl sites for hydroxylation is 1. The predicted molar refractivity (Wildman–Crippen MR) is 266 cm³/mol. The normalized spacial score (nSPS) is 14.5. The van der Waals surface area contributed by atoms with Crippen LogP contribution in [0.1, 0.15) is 55.5 Å². The van der Waals surface area contributed by atoms with Gasteiger partial charge in [0.25, 0.3) is 0 Å². The third-order valence-electron chi connectivity index (χ3n) is 14.8. The van der Waals surface area contributed by atoms with E-state index in [2.05, 4.69) is 222 Å². The molecule has 0 heterocycles. The van der Waals surface area contributed by atoms with E-state index in [-0.39, 0.29) is 10.8 Å². The zero-order chi connectivity index (χ0) is 41.6. The summed E-state index contributed by atoms with van der Waals surface area (Å²) in [5.74, 6) is 0. The summed E-state index contributed by atoms with van der Waals surface area (Å²) in [7, 11) is 0. The number of anilines is 3. The monoisotopic (exact) mass is 791 g/mol. The number of rotatable bonds is 3. The molecule has 1 nitrogen and oxygen atoms in total. The fraction of sp³-hybridized carbons (Fsp3) is 0.115. The Morgan fingerprint density at radius 1 is 0.306 bits per heavy atom. The van der Waals surface area contributed by atoms with Crippen LogP contribution in [0.25, 0.3) is 86.9 Å². The van der Waals surface area contributed by atoms with Crippen molar-refractivity contribution in [1.82, 2.24) is 0 Å². The molecule has 13 rings (SSSR count). The number of fused-ring (bicyclic) bond motifs is 20. The van der Waals surface area contributed by atoms with Gasteiger partial charge in [-0.3, -0.25) is 0 Å². The Labute approximate surface area is 362 Å². The Bertz CT molecular complexity index is 3530. The average Bonchev–Trinajstić information content (AvgIpc) is 3.70. The number of hydrogen-bond acceptors (Lipinski definition) is 1. The summed E-state index contributed by atoms with van der Waals surface area (Å²) < 4.78 is 0. The van der Waals surface area contributed by atoms with Crippen LogP contribution in [0.2, 0.25) is 0 Å². The highest BCUT2D eigenvalue weighted by Crippen LogP contribution is 2.61. The minimum atomic E-state index is -0.266. The van der Waals surface area contributed by atoms with Crippen molar-refractivity contribution in [3.63, 3.8) is 0 Å². The largest absolute Gasteiger partial charge is 0.309 e. The molecule has 2 aliphatic rings. The van der Waals surface area contributed by atoms with Crippen molar-refractivity contribution in [3.8, 4) is 22.3 Å². The first-order chi connectivity index (χ1) is 30.2. The first kappa shape index (κ1) is 35.5. The van der Waals surface area contributed by atoms with E-state index in [1.807, 2.05) is 0 Å². The van der Waals surface area contributed by atoms with Gasteiger partial charge in [-0.25, -0.2) is 0 Å². The summed E-state index contributed by atoms with van der Waals surface area (Å²) in [5, 5.41) is 15.7. The highest BCUT2D eigenvalue weighted by Gasteiger charge is 2.43. The molecule has 11 aromatic rings. The minimum absolute atomic E-state index is 0.266. The van der Waals surface area contributed by atoms with E-state index < -0.39 is 0 Å². The van der Waals surface area contributed by atoms with Gasteiger partial charge in [0.05, 0.1) is 11.4 Å². The zero-order valence-electron chi connectivity index (χ0n) is 35.8. The zero-order valence-corrected chi connectivity index (χ0v) is 35.8. The lowest BCUT2D eigenvalue weighted by Crippen LogP contribution is -2.19. The third kappa shape index (κ3) is 4.53. The van der Waals surface area contributed by atoms with Gasteiger partial charge in [0.15, 0.2) is 0 Å². The van der Waals surface area contributed by atoms with Gasteiger partial charge in [0.2, 0.25) is 0 Å². The Kier molecular flexibility index (Phi) is 7.12. The smallest absolute Gasteiger partial charge is 0.0543 e. The molecule has 62 heavy (non-hydrogen) atoms. The molecule has 294 valence electrons. The minimum Gasteiger partial charge on any atom is -0.309 e. The second kappa shape index (κ2) is 12.4. The van der Waals surface area contributed by atoms with E-state index in [0.29, 0.717) is 0 Å². The molecule has 0 fully saturated rings. The van der Waals surface area contributed by atoms with E-state index in [0.717, 1.165) is 5.69 Å². The Balaban J connectivity index is 1.16. The van der Waals surface area contributed by atoms with Crippen LogP contribution in [0.3, 0.4) is 0 Å². The van der Waals surface area contributed by atoms with Crippen molar-refractivity contribution in [2.75, 3.05) is 4.90 Å². The second-order valence-corrected chi connectivity index (χ2v) is 18.8. The van der Waals surface area contributed by atoms with Crippen molar-refractivity contribution in [2.24, 2.45) is 0 Å². The van der Waals surface area contributed by atoms with Crippen LogP contribution in [0.5, 0.6) is 0 Å². The van der Waals surface area contributed by atoms with Crippen LogP contribution in [-0.4, -0.2) is 0 Å². The maximum Gasteiger partial charge on any atom is 0.0543 e. The molecule has 0 N–H and O–H groups in total. The van der Waals surface area contributed by atoms with E-state index in [4.69, 9.17) is 0 Å². The van der Waals surface area contributed by atoms with Crippen LogP contribution in [0, 0.1) is 6.92 Å². The quantitative estimate of drug-likeness (QED) is 0.161. The molecule has 0 atom stereocenters. The molecule has 2 aliphatic carbocycles. The van der Waals surface area contributed by atoms with Crippen LogP contribution >= 0.6 is 0 Å². The van der Waals surface area contributed by atoms with Crippen LogP contribution in [-0.2, 0) is 10.8 Å². The van der Waals surface area contributed by atoms with Gasteiger partial charge in [-0.1, -0.05) is 191 Å². The maximum absolute atomic E-state index is 2.59. The molecule has 1 heteroatoms. The number of benzene rings is 11. The molecular formula is C61H45N. The Morgan fingerprint density at radius 2 is 0.597 bits per heavy atom. The van der Waals surface area contributed by atoms with E-state index in [1.54, 1.807) is 0 Å². The maximum atomic E-state index is 2.59. The third-order valence-corrected chi connectivity index (χ3v) is 14.8. The topological polar surface area (TPSA) is 3.24 Å². The van der Waals surface area contributed by atoms with E-state index >= 15 is 0 Å². The molecular weight excluding hydrogens is 747 g/mol. The van der Waals surface area contributed by atoms with Crippen molar-refractivity contribution in [1.29, 1.82) is 0 Å². The molecule has 0 amide bonds. The van der Waals surface area contributed by atoms with Crippen molar-refractivity contribution in [2.45, 2.75) is 45.4 Å². The first-order valence-electron chi connectivity index (χ1n) is 22.1. The summed E-state index contributed by atoms with van der Waals surface area (Å²) in [6.07, 6.45) is 0. The van der Waals surface area contributed by atoms with Crippen LogP contribution in [0.4, 0.5) is 17.1 Å². The molecule has 0 bridgehead atoms. The van der Waals surface area contributed by atoms with Gasteiger partial charge in [0, 0.05) is 27.3 Å². The summed E-state index contributed by atoms with van der Waals surface area (Å²) >= 11 is 0. The van der Waals surface area contributed by atoms with Gasteiger partial charge in [-0.05, 0) is 130 Å². The van der Waals surface area contributed by atoms with E-state index in [9.17, 15) is 0 Å². The molecule has 0 saturated heterocycles. The lowest BCUT2D eigenvalue weighted by Gasteiger charge is -2.32. The van der Waals surface area contributed by atoms with Gasteiger partial charge < -0.3 is 4.90 Å². The van der Waals surface area contributed by atoms with Gasteiger partial charge >= 0.3 is 0 Å². The molecule has 0 saturated carbocycles. The number of hydrogen-bond donors (Lipinski definition) is 0. The number of nitrogens with zero attached hydrogens (tertiary/aromatic N) is 1. The SMILES string of the molecule is Cc1ccc(N(c2cc3c(c4ccccc24)-c2c(c4ccccc4c4ccccc24)C3(C)C)c2cc3c(c4ccccc24)-c2c(c4ccccc4c4ccccc24)C3(C)C)cc1. The van der Waals surface area contributed by atoms with Crippen LogP contribution < -0.4 is 4.90 Å². The van der Waals surface area contributed by atoms with Gasteiger partial charge in [-0.2, -0.15) is 0 Å². The Morgan fingerprint density at radius 3 is 0.968 bits per heavy atom. The molecule has 0 radical (unpaired) electrons. The van der Waals surface area contributed by atoms with Gasteiger partial charge in [0.1, 0.15) is 0 Å². The standard InChI is InChI=1S/C61H45N/c1-36-30-32-37(33-31-36)62(52-34-50-54(46-26-14-10-22-42(46)52)56-44-24-12-6-18-38(44)40-20-8-16-28-48(40)58(56)60(50,2)3)53-35-51-55(47-27-15-11-23-43(47)53)57-45-25-13-7-19-39(45)41-21-9-17-29-49(41)59(57)61(51,4)5/h6-35H,1-5H3. The first-order valence-corrected chi connectivity index (χ1v) is 22.1. The highest BCUT2D eigenvalue weighted by atomic mass is 15.1. The molecule has 0 unspecified atom stereocenters. The average molecular weight is 792 g/mol. The fourth-order valence-corrected chi connectivity index (χ4v) is 12.1. The Hall–Kier alpha value is -7.22. The molecule has 0 aliphatic heterocycles. The summed E-state index contributed by atoms with van der Waals surface area (Å²) in [6, 6.07) is 68.9. The summed E-state index contributed by atoms with van der Waals surface area (Å²) in [6.45, 7) is 12.0. The molecule has 11 aromatic carbocycles. The summed E-state index contributed by atoms with van der Waals surface area (Å²) in [4.78, 5) is 2.59. The second-order valence-electron chi connectivity index (χ2n) is 18.8. The summed E-state index contributed by atoms with van der Waals surface area (Å²) in [5.41, 5.74) is 15.4. The van der Waals surface area contributed by atoms with Crippen molar-refractivity contribution < 1.29 is 0 Å². The predicted octanol–water partition coefficient (Wildman–Crippen LogP) is 17.0. The lowest BCUT2D eigenvalue weighted by atomic mass is 9.78. The van der Waals surface area contributed by atoms with Crippen LogP contribution in [0.15, 0.2) is 182 Å². The molecule has 0 spiro atoms.